The summed E-state index contributed by atoms with van der Waals surface area (Å²) in [5, 5.41) is 0. The highest BCUT2D eigenvalue weighted by molar-refractivity contribution is 5.28. The summed E-state index contributed by atoms with van der Waals surface area (Å²) in [5.41, 5.74) is 7.17. The summed E-state index contributed by atoms with van der Waals surface area (Å²) < 4.78 is 13.4. The maximum Gasteiger partial charge on any atom is 0.126 e. The first-order chi connectivity index (χ1) is 5.57. The zero-order chi connectivity index (χ0) is 9.30. The van der Waals surface area contributed by atoms with Gasteiger partial charge >= 0.3 is 0 Å². The maximum atomic E-state index is 13.4. The third kappa shape index (κ3) is 1.38. The molecule has 1 rings (SSSR count). The zero-order valence-electron chi connectivity index (χ0n) is 7.89. The van der Waals surface area contributed by atoms with Gasteiger partial charge in [0.05, 0.1) is 0 Å². The van der Waals surface area contributed by atoms with E-state index in [0.717, 1.165) is 0 Å². The Morgan fingerprint density at radius 1 is 1.67 bits per heavy atom. The lowest BCUT2D eigenvalue weighted by molar-refractivity contribution is 0.393. The second-order valence-corrected chi connectivity index (χ2v) is 3.45. The van der Waals surface area contributed by atoms with E-state index >= 15 is 0 Å². The van der Waals surface area contributed by atoms with Gasteiger partial charge in [-0.15, -0.1) is 0 Å². The molecule has 0 aromatic heterocycles. The average Bonchev–Trinajstić information content (AvgIpc) is 2.10. The monoisotopic (exact) mass is 169 g/mol. The Balaban J connectivity index is 2.75. The van der Waals surface area contributed by atoms with Gasteiger partial charge in [-0.05, 0) is 19.3 Å². The molecule has 12 heavy (non-hydrogen) atoms. The fraction of sp³-hybridized carbons (Fsp3) is 0.600. The number of halogens is 1. The van der Waals surface area contributed by atoms with Gasteiger partial charge in [0.2, 0.25) is 0 Å². The van der Waals surface area contributed by atoms with Crippen LogP contribution in [0.25, 0.3) is 0 Å². The predicted octanol–water partition coefficient (Wildman–Crippen LogP) is 2.75. The first-order valence-electron chi connectivity index (χ1n) is 4.40. The van der Waals surface area contributed by atoms with Crippen LogP contribution >= 0.6 is 0 Å². The van der Waals surface area contributed by atoms with Crippen molar-refractivity contribution < 1.29 is 4.39 Å². The molecule has 2 atom stereocenters. The maximum absolute atomic E-state index is 13.4. The molecule has 0 fully saturated rings. The molecule has 0 bridgehead atoms. The van der Waals surface area contributed by atoms with Gasteiger partial charge in [0.25, 0.3) is 0 Å². The van der Waals surface area contributed by atoms with Crippen LogP contribution in [0, 0.1) is 11.8 Å². The van der Waals surface area contributed by atoms with Gasteiger partial charge in [-0.2, -0.15) is 0 Å². The van der Waals surface area contributed by atoms with Crippen LogP contribution in [0.3, 0.4) is 0 Å². The molecule has 1 aliphatic carbocycles. The lowest BCUT2D eigenvalue weighted by Crippen LogP contribution is -2.23. The molecular weight excluding hydrogens is 153 g/mol. The first-order valence-corrected chi connectivity index (χ1v) is 4.40. The lowest BCUT2D eigenvalue weighted by atomic mass is 9.75. The van der Waals surface area contributed by atoms with Gasteiger partial charge in [-0.25, -0.2) is 4.39 Å². The minimum atomic E-state index is -0.129. The summed E-state index contributed by atoms with van der Waals surface area (Å²) >= 11 is 0. The van der Waals surface area contributed by atoms with Crippen LogP contribution in [0.2, 0.25) is 0 Å². The van der Waals surface area contributed by atoms with Crippen molar-refractivity contribution in [2.45, 2.75) is 27.2 Å². The van der Waals surface area contributed by atoms with Gasteiger partial charge in [-0.3, -0.25) is 0 Å². The molecule has 0 saturated carbocycles. The van der Waals surface area contributed by atoms with E-state index in [1.807, 2.05) is 26.8 Å². The second kappa shape index (κ2) is 3.30. The predicted molar refractivity (Wildman–Crippen MR) is 49.0 cm³/mol. The van der Waals surface area contributed by atoms with E-state index in [0.29, 0.717) is 18.0 Å². The van der Waals surface area contributed by atoms with Crippen molar-refractivity contribution in [3.63, 3.8) is 0 Å². The number of allylic oxidation sites excluding steroid dienone is 4. The molecule has 0 saturated heterocycles. The first kappa shape index (κ1) is 9.30. The van der Waals surface area contributed by atoms with Crippen molar-refractivity contribution in [1.29, 1.82) is 0 Å². The average molecular weight is 169 g/mol. The standard InChI is InChI=1S/C10H16FN/c1-4-9(12)10(11)8-5-6(2)7(8)3/h5,7-8H,4,12H2,1-3H3/b10-9-/t7-,8-/m0/s1. The SMILES string of the molecule is CC/C(N)=C(/F)[C@H]1C=C(C)[C@@H]1C. The Morgan fingerprint density at radius 2 is 2.25 bits per heavy atom. The van der Waals surface area contributed by atoms with E-state index in [2.05, 4.69) is 0 Å². The van der Waals surface area contributed by atoms with Crippen molar-refractivity contribution in [2.24, 2.45) is 17.6 Å². The van der Waals surface area contributed by atoms with Gasteiger partial charge in [0, 0.05) is 11.6 Å². The van der Waals surface area contributed by atoms with E-state index < -0.39 is 0 Å². The Morgan fingerprint density at radius 3 is 2.58 bits per heavy atom. The second-order valence-electron chi connectivity index (χ2n) is 3.45. The van der Waals surface area contributed by atoms with Crippen molar-refractivity contribution in [2.75, 3.05) is 0 Å². The van der Waals surface area contributed by atoms with Gasteiger partial charge in [0.15, 0.2) is 0 Å². The minimum Gasteiger partial charge on any atom is -0.400 e. The largest absolute Gasteiger partial charge is 0.400 e. The quantitative estimate of drug-likeness (QED) is 0.632. The van der Waals surface area contributed by atoms with Crippen molar-refractivity contribution in [3.8, 4) is 0 Å². The molecule has 2 N–H and O–H groups in total. The summed E-state index contributed by atoms with van der Waals surface area (Å²) in [6.07, 6.45) is 2.55. The number of rotatable bonds is 2. The highest BCUT2D eigenvalue weighted by Crippen LogP contribution is 2.39. The summed E-state index contributed by atoms with van der Waals surface area (Å²) in [6.45, 7) is 5.92. The molecule has 0 unspecified atom stereocenters. The van der Waals surface area contributed by atoms with E-state index in [1.54, 1.807) is 0 Å². The molecule has 0 aliphatic heterocycles. The lowest BCUT2D eigenvalue weighted by Gasteiger charge is -2.30. The normalized spacial score (nSPS) is 30.5. The van der Waals surface area contributed by atoms with Crippen LogP contribution in [-0.2, 0) is 0 Å². The third-order valence-corrected chi connectivity index (χ3v) is 2.68. The molecule has 0 amide bonds. The van der Waals surface area contributed by atoms with Gasteiger partial charge < -0.3 is 5.73 Å². The van der Waals surface area contributed by atoms with E-state index in [4.69, 9.17) is 5.73 Å². The van der Waals surface area contributed by atoms with Crippen molar-refractivity contribution >= 4 is 0 Å². The summed E-state index contributed by atoms with van der Waals surface area (Å²) in [5.74, 6) is 0.149. The smallest absolute Gasteiger partial charge is 0.126 e. The fourth-order valence-corrected chi connectivity index (χ4v) is 1.42. The number of hydrogen-bond acceptors (Lipinski definition) is 1. The Bertz CT molecular complexity index is 240. The van der Waals surface area contributed by atoms with E-state index in [9.17, 15) is 4.39 Å². The molecular formula is C10H16FN. The van der Waals surface area contributed by atoms with E-state index in [1.165, 1.54) is 5.57 Å². The Kier molecular flexibility index (Phi) is 2.55. The highest BCUT2D eigenvalue weighted by Gasteiger charge is 2.30. The topological polar surface area (TPSA) is 26.0 Å². The van der Waals surface area contributed by atoms with Crippen LogP contribution in [0.1, 0.15) is 27.2 Å². The van der Waals surface area contributed by atoms with E-state index in [-0.39, 0.29) is 11.7 Å². The molecule has 0 spiro atoms. The molecule has 0 aromatic carbocycles. The Hall–Kier alpha value is -0.790. The molecule has 0 heterocycles. The highest BCUT2D eigenvalue weighted by atomic mass is 19.1. The van der Waals surface area contributed by atoms with Crippen LogP contribution in [0.5, 0.6) is 0 Å². The number of nitrogens with two attached hydrogens (primary N) is 1. The number of hydrogen-bond donors (Lipinski definition) is 1. The minimum absolute atomic E-state index is 0.0510. The summed E-state index contributed by atoms with van der Waals surface area (Å²) in [4.78, 5) is 0. The summed E-state index contributed by atoms with van der Waals surface area (Å²) in [7, 11) is 0. The van der Waals surface area contributed by atoms with Crippen molar-refractivity contribution in [1.82, 2.24) is 0 Å². The Labute approximate surface area is 73.1 Å². The van der Waals surface area contributed by atoms with Crippen LogP contribution < -0.4 is 5.73 Å². The summed E-state index contributed by atoms with van der Waals surface area (Å²) in [6, 6.07) is 0. The molecule has 0 radical (unpaired) electrons. The van der Waals surface area contributed by atoms with Gasteiger partial charge in [0.1, 0.15) is 5.83 Å². The fourth-order valence-electron chi connectivity index (χ4n) is 1.42. The van der Waals surface area contributed by atoms with Crippen molar-refractivity contribution in [3.05, 3.63) is 23.2 Å². The van der Waals surface area contributed by atoms with Crippen LogP contribution in [0.4, 0.5) is 4.39 Å². The molecule has 2 heteroatoms. The molecule has 68 valence electrons. The molecule has 1 nitrogen and oxygen atoms in total. The van der Waals surface area contributed by atoms with Gasteiger partial charge in [-0.1, -0.05) is 25.5 Å². The molecule has 1 aliphatic rings. The zero-order valence-corrected chi connectivity index (χ0v) is 7.89. The molecule has 0 aromatic rings. The van der Waals surface area contributed by atoms with Crippen LogP contribution in [-0.4, -0.2) is 0 Å². The third-order valence-electron chi connectivity index (χ3n) is 2.68. The van der Waals surface area contributed by atoms with Crippen LogP contribution in [0.15, 0.2) is 23.2 Å².